The summed E-state index contributed by atoms with van der Waals surface area (Å²) in [6, 6.07) is 6.68. The van der Waals surface area contributed by atoms with Gasteiger partial charge < -0.3 is 0 Å². The lowest BCUT2D eigenvalue weighted by molar-refractivity contribution is 0.0934. The fourth-order valence-electron chi connectivity index (χ4n) is 0.924. The van der Waals surface area contributed by atoms with Gasteiger partial charge in [-0.1, -0.05) is 35.4 Å². The Hall–Kier alpha value is -0.890. The molecule has 0 N–H and O–H groups in total. The predicted molar refractivity (Wildman–Crippen MR) is 46.3 cm³/mol. The van der Waals surface area contributed by atoms with Crippen LogP contribution in [0.25, 0.3) is 0 Å². The van der Waals surface area contributed by atoms with Gasteiger partial charge in [-0.05, 0) is 13.0 Å². The maximum Gasteiger partial charge on any atom is 0.235 e. The van der Waals surface area contributed by atoms with Crippen LogP contribution in [0.3, 0.4) is 0 Å². The number of hydrogen-bond donors (Lipinski definition) is 0. The summed E-state index contributed by atoms with van der Waals surface area (Å²) in [4.78, 5) is 11.0. The summed E-state index contributed by atoms with van der Waals surface area (Å²) in [6.07, 6.45) is 0. The number of Topliss-reactive ketones (excluding diaryl/α,β-unsaturated/α-hetero) is 1. The van der Waals surface area contributed by atoms with Crippen LogP contribution >= 0.6 is 11.6 Å². The van der Waals surface area contributed by atoms with E-state index in [9.17, 15) is 9.18 Å². The van der Waals surface area contributed by atoms with Crippen molar-refractivity contribution in [3.05, 3.63) is 35.4 Å². The first-order valence-corrected chi connectivity index (χ1v) is 3.94. The van der Waals surface area contributed by atoms with E-state index in [-0.39, 0.29) is 0 Å². The van der Waals surface area contributed by atoms with Gasteiger partial charge in [-0.25, -0.2) is 4.39 Å². The SMILES string of the molecule is Cc1cccc(C(=O)C(F)Cl)c1. The Morgan fingerprint density at radius 1 is 1.58 bits per heavy atom. The van der Waals surface area contributed by atoms with E-state index in [1.165, 1.54) is 0 Å². The van der Waals surface area contributed by atoms with Gasteiger partial charge in [0.05, 0.1) is 0 Å². The lowest BCUT2D eigenvalue weighted by Crippen LogP contribution is -2.08. The molecule has 64 valence electrons. The van der Waals surface area contributed by atoms with E-state index in [0.717, 1.165) is 5.56 Å². The van der Waals surface area contributed by atoms with Crippen molar-refractivity contribution in [1.82, 2.24) is 0 Å². The van der Waals surface area contributed by atoms with Crippen LogP contribution in [0, 0.1) is 6.92 Å². The Balaban J connectivity index is 2.96. The van der Waals surface area contributed by atoms with E-state index < -0.39 is 11.4 Å². The van der Waals surface area contributed by atoms with Crippen LogP contribution < -0.4 is 0 Å². The van der Waals surface area contributed by atoms with E-state index in [1.54, 1.807) is 18.2 Å². The van der Waals surface area contributed by atoms with Gasteiger partial charge in [-0.15, -0.1) is 0 Å². The quantitative estimate of drug-likeness (QED) is 0.513. The largest absolute Gasteiger partial charge is 0.289 e. The molecule has 0 amide bonds. The molecule has 0 saturated heterocycles. The summed E-state index contributed by atoms with van der Waals surface area (Å²) in [7, 11) is 0. The number of aryl methyl sites for hydroxylation is 1. The Labute approximate surface area is 75.2 Å². The summed E-state index contributed by atoms with van der Waals surface area (Å²) in [5.41, 5.74) is -0.706. The molecular formula is C9H8ClFO. The van der Waals surface area contributed by atoms with Crippen LogP contribution in [0.1, 0.15) is 15.9 Å². The molecule has 1 nitrogen and oxygen atoms in total. The van der Waals surface area contributed by atoms with Gasteiger partial charge in [-0.3, -0.25) is 4.79 Å². The summed E-state index contributed by atoms with van der Waals surface area (Å²) < 4.78 is 12.3. The molecule has 0 aliphatic carbocycles. The molecule has 1 rings (SSSR count). The van der Waals surface area contributed by atoms with E-state index in [1.807, 2.05) is 13.0 Å². The van der Waals surface area contributed by atoms with Crippen LogP contribution in [-0.4, -0.2) is 11.4 Å². The fraction of sp³-hybridized carbons (Fsp3) is 0.222. The molecule has 0 saturated carbocycles. The molecule has 3 heteroatoms. The van der Waals surface area contributed by atoms with Gasteiger partial charge in [0, 0.05) is 5.56 Å². The molecule has 0 aliphatic heterocycles. The number of rotatable bonds is 2. The Morgan fingerprint density at radius 2 is 2.25 bits per heavy atom. The van der Waals surface area contributed by atoms with Gasteiger partial charge >= 0.3 is 0 Å². The number of halogens is 2. The number of ketones is 1. The highest BCUT2D eigenvalue weighted by Crippen LogP contribution is 2.10. The normalized spacial score (nSPS) is 12.6. The zero-order valence-corrected chi connectivity index (χ0v) is 7.31. The minimum atomic E-state index is -1.94. The third-order valence-electron chi connectivity index (χ3n) is 1.50. The second kappa shape index (κ2) is 3.68. The topological polar surface area (TPSA) is 17.1 Å². The minimum Gasteiger partial charge on any atom is -0.289 e. The molecule has 0 fully saturated rings. The van der Waals surface area contributed by atoms with Gasteiger partial charge in [0.15, 0.2) is 0 Å². The van der Waals surface area contributed by atoms with Crippen molar-refractivity contribution in [3.63, 3.8) is 0 Å². The second-order valence-electron chi connectivity index (χ2n) is 2.53. The highest BCUT2D eigenvalue weighted by molar-refractivity contribution is 6.32. The van der Waals surface area contributed by atoms with E-state index in [0.29, 0.717) is 5.56 Å². The van der Waals surface area contributed by atoms with E-state index >= 15 is 0 Å². The maximum absolute atomic E-state index is 12.3. The molecule has 0 bridgehead atoms. The zero-order chi connectivity index (χ0) is 9.14. The van der Waals surface area contributed by atoms with Crippen molar-refractivity contribution in [1.29, 1.82) is 0 Å². The van der Waals surface area contributed by atoms with Crippen LogP contribution in [0.15, 0.2) is 24.3 Å². The molecule has 1 atom stereocenters. The summed E-state index contributed by atoms with van der Waals surface area (Å²) >= 11 is 5.00. The lowest BCUT2D eigenvalue weighted by Gasteiger charge is -2.00. The lowest BCUT2D eigenvalue weighted by atomic mass is 10.1. The van der Waals surface area contributed by atoms with Crippen molar-refractivity contribution in [2.75, 3.05) is 0 Å². The monoisotopic (exact) mass is 186 g/mol. The predicted octanol–water partition coefficient (Wildman–Crippen LogP) is 2.71. The van der Waals surface area contributed by atoms with Crippen LogP contribution in [0.2, 0.25) is 0 Å². The highest BCUT2D eigenvalue weighted by Gasteiger charge is 2.15. The third kappa shape index (κ3) is 2.05. The second-order valence-corrected chi connectivity index (χ2v) is 2.92. The van der Waals surface area contributed by atoms with Crippen LogP contribution in [0.4, 0.5) is 4.39 Å². The average molecular weight is 187 g/mol. The summed E-state index contributed by atoms with van der Waals surface area (Å²) in [5, 5.41) is 0. The summed E-state index contributed by atoms with van der Waals surface area (Å²) in [5.74, 6) is -0.680. The molecule has 1 aromatic rings. The van der Waals surface area contributed by atoms with Gasteiger partial charge in [0.1, 0.15) is 0 Å². The summed E-state index contributed by atoms with van der Waals surface area (Å²) in [6.45, 7) is 1.83. The fourth-order valence-corrected chi connectivity index (χ4v) is 1.05. The van der Waals surface area contributed by atoms with Crippen LogP contribution in [0.5, 0.6) is 0 Å². The Kier molecular flexibility index (Phi) is 2.82. The molecule has 0 heterocycles. The van der Waals surface area contributed by atoms with Gasteiger partial charge in [-0.2, -0.15) is 0 Å². The zero-order valence-electron chi connectivity index (χ0n) is 6.55. The molecule has 12 heavy (non-hydrogen) atoms. The molecule has 1 aromatic carbocycles. The van der Waals surface area contributed by atoms with Gasteiger partial charge in [0.25, 0.3) is 0 Å². The van der Waals surface area contributed by atoms with Crippen LogP contribution in [-0.2, 0) is 0 Å². The Morgan fingerprint density at radius 3 is 2.75 bits per heavy atom. The molecule has 1 unspecified atom stereocenters. The molecule has 0 aliphatic rings. The molecule has 0 radical (unpaired) electrons. The number of hydrogen-bond acceptors (Lipinski definition) is 1. The first kappa shape index (κ1) is 9.20. The number of carbonyl (C=O) groups is 1. The van der Waals surface area contributed by atoms with Crippen molar-refractivity contribution < 1.29 is 9.18 Å². The maximum atomic E-state index is 12.3. The molecular weight excluding hydrogens is 179 g/mol. The standard InChI is InChI=1S/C9H8ClFO/c1-6-3-2-4-7(5-6)8(12)9(10)11/h2-5,9H,1H3. The van der Waals surface area contributed by atoms with Crippen molar-refractivity contribution in [2.45, 2.75) is 12.6 Å². The van der Waals surface area contributed by atoms with Crippen molar-refractivity contribution >= 4 is 17.4 Å². The number of carbonyl (C=O) groups excluding carboxylic acids is 1. The molecule has 0 aromatic heterocycles. The minimum absolute atomic E-state index is 0.317. The first-order chi connectivity index (χ1) is 5.61. The smallest absolute Gasteiger partial charge is 0.235 e. The van der Waals surface area contributed by atoms with Crippen molar-refractivity contribution in [3.8, 4) is 0 Å². The number of benzene rings is 1. The third-order valence-corrected chi connectivity index (χ3v) is 1.70. The Bertz CT molecular complexity index is 296. The van der Waals surface area contributed by atoms with Gasteiger partial charge in [0.2, 0.25) is 11.4 Å². The average Bonchev–Trinajstić information content (AvgIpc) is 2.03. The van der Waals surface area contributed by atoms with E-state index in [2.05, 4.69) is 0 Å². The first-order valence-electron chi connectivity index (χ1n) is 3.50. The van der Waals surface area contributed by atoms with E-state index in [4.69, 9.17) is 11.6 Å². The van der Waals surface area contributed by atoms with Crippen molar-refractivity contribution in [2.24, 2.45) is 0 Å². The highest BCUT2D eigenvalue weighted by atomic mass is 35.5. The number of alkyl halides is 2. The molecule has 0 spiro atoms.